The third-order valence-electron chi connectivity index (χ3n) is 2.12. The molecule has 0 atom stereocenters. The van der Waals surface area contributed by atoms with Gasteiger partial charge in [-0.25, -0.2) is 4.98 Å². The number of hydrogen-bond acceptors (Lipinski definition) is 4. The van der Waals surface area contributed by atoms with E-state index in [1.54, 1.807) is 18.9 Å². The van der Waals surface area contributed by atoms with Crippen LogP contribution in [0.3, 0.4) is 0 Å². The summed E-state index contributed by atoms with van der Waals surface area (Å²) < 4.78 is 5.13. The van der Waals surface area contributed by atoms with Crippen LogP contribution in [0.4, 0.5) is 0 Å². The van der Waals surface area contributed by atoms with E-state index in [1.165, 1.54) is 0 Å². The highest BCUT2D eigenvalue weighted by atomic mass is 32.2. The summed E-state index contributed by atoms with van der Waals surface area (Å²) in [4.78, 5) is 7.59. The summed E-state index contributed by atoms with van der Waals surface area (Å²) in [5.41, 5.74) is 1.87. The molecule has 0 fully saturated rings. The molecule has 0 saturated heterocycles. The van der Waals surface area contributed by atoms with E-state index in [4.69, 9.17) is 10.00 Å². The number of ether oxygens (including phenoxy) is 1. The third kappa shape index (κ3) is 2.28. The Labute approximate surface area is 97.6 Å². The van der Waals surface area contributed by atoms with Gasteiger partial charge in [-0.3, -0.25) is 0 Å². The molecule has 0 saturated carbocycles. The van der Waals surface area contributed by atoms with Crippen LogP contribution in [0.2, 0.25) is 0 Å². The summed E-state index contributed by atoms with van der Waals surface area (Å²) in [5.74, 6) is 1.57. The Morgan fingerprint density at radius 2 is 2.44 bits per heavy atom. The minimum absolute atomic E-state index is 0.533. The minimum atomic E-state index is 0.533. The Morgan fingerprint density at radius 3 is 3.19 bits per heavy atom. The van der Waals surface area contributed by atoms with Gasteiger partial charge in [0, 0.05) is 18.2 Å². The van der Waals surface area contributed by atoms with Gasteiger partial charge in [0.25, 0.3) is 0 Å². The molecule has 16 heavy (non-hydrogen) atoms. The number of benzene rings is 1. The number of fused-ring (bicyclic) bond motifs is 1. The number of methoxy groups -OCH3 is 1. The second-order valence-corrected chi connectivity index (χ2v) is 4.27. The molecule has 0 aliphatic rings. The van der Waals surface area contributed by atoms with Crippen LogP contribution in [-0.4, -0.2) is 22.8 Å². The van der Waals surface area contributed by atoms with Gasteiger partial charge in [0.05, 0.1) is 24.2 Å². The summed E-state index contributed by atoms with van der Waals surface area (Å²) in [5, 5.41) is 9.29. The quantitative estimate of drug-likeness (QED) is 0.651. The molecular formula is C11H11N3OS. The maximum absolute atomic E-state index is 8.44. The van der Waals surface area contributed by atoms with Crippen LogP contribution < -0.4 is 4.74 Å². The fraction of sp³-hybridized carbons (Fsp3) is 0.273. The number of imidazole rings is 1. The molecule has 0 aliphatic carbocycles. The normalized spacial score (nSPS) is 10.2. The molecule has 1 N–H and O–H groups in total. The summed E-state index contributed by atoms with van der Waals surface area (Å²) in [6.45, 7) is 0. The van der Waals surface area contributed by atoms with Gasteiger partial charge in [0.15, 0.2) is 5.16 Å². The molecule has 0 spiro atoms. The summed E-state index contributed by atoms with van der Waals surface area (Å²) in [6.07, 6.45) is 0.533. The topological polar surface area (TPSA) is 61.7 Å². The van der Waals surface area contributed by atoms with Crippen molar-refractivity contribution in [3.05, 3.63) is 18.2 Å². The maximum atomic E-state index is 8.44. The van der Waals surface area contributed by atoms with Crippen molar-refractivity contribution >= 4 is 22.8 Å². The highest BCUT2D eigenvalue weighted by Gasteiger charge is 2.03. The van der Waals surface area contributed by atoms with Crippen LogP contribution in [-0.2, 0) is 0 Å². The lowest BCUT2D eigenvalue weighted by Crippen LogP contribution is -1.81. The van der Waals surface area contributed by atoms with Crippen LogP contribution in [0.15, 0.2) is 23.4 Å². The molecule has 2 aromatic rings. The van der Waals surface area contributed by atoms with Crippen molar-refractivity contribution in [3.63, 3.8) is 0 Å². The molecule has 1 aromatic carbocycles. The largest absolute Gasteiger partial charge is 0.497 e. The van der Waals surface area contributed by atoms with Gasteiger partial charge in [0.1, 0.15) is 5.75 Å². The molecule has 5 heteroatoms. The SMILES string of the molecule is COc1ccc2nc(SCCC#N)[nH]c2c1. The zero-order valence-electron chi connectivity index (χ0n) is 8.86. The zero-order valence-corrected chi connectivity index (χ0v) is 9.67. The highest BCUT2D eigenvalue weighted by Crippen LogP contribution is 2.23. The number of aromatic nitrogens is 2. The fourth-order valence-electron chi connectivity index (χ4n) is 1.35. The molecular weight excluding hydrogens is 222 g/mol. The monoisotopic (exact) mass is 233 g/mol. The van der Waals surface area contributed by atoms with Crippen LogP contribution in [0.5, 0.6) is 5.75 Å². The Bertz CT molecular complexity index is 529. The Hall–Kier alpha value is -1.67. The van der Waals surface area contributed by atoms with E-state index in [9.17, 15) is 0 Å². The smallest absolute Gasteiger partial charge is 0.166 e. The van der Waals surface area contributed by atoms with Crippen LogP contribution in [0.25, 0.3) is 11.0 Å². The van der Waals surface area contributed by atoms with Crippen LogP contribution in [0, 0.1) is 11.3 Å². The molecule has 0 radical (unpaired) electrons. The van der Waals surface area contributed by atoms with Crippen molar-refractivity contribution in [2.45, 2.75) is 11.6 Å². The Kier molecular flexibility index (Phi) is 3.32. The minimum Gasteiger partial charge on any atom is -0.497 e. The molecule has 82 valence electrons. The lowest BCUT2D eigenvalue weighted by molar-refractivity contribution is 0.415. The third-order valence-corrected chi connectivity index (χ3v) is 2.99. The van der Waals surface area contributed by atoms with E-state index in [0.717, 1.165) is 27.7 Å². The number of nitrogens with zero attached hydrogens (tertiary/aromatic N) is 2. The van der Waals surface area contributed by atoms with Gasteiger partial charge in [-0.2, -0.15) is 5.26 Å². The van der Waals surface area contributed by atoms with Gasteiger partial charge in [-0.05, 0) is 12.1 Å². The molecule has 0 aliphatic heterocycles. The average molecular weight is 233 g/mol. The number of thioether (sulfide) groups is 1. The average Bonchev–Trinajstić information content (AvgIpc) is 2.70. The lowest BCUT2D eigenvalue weighted by Gasteiger charge is -1.96. The first-order valence-corrected chi connectivity index (χ1v) is 5.85. The second kappa shape index (κ2) is 4.90. The van der Waals surface area contributed by atoms with Crippen molar-refractivity contribution in [1.82, 2.24) is 9.97 Å². The molecule has 0 amide bonds. The van der Waals surface area contributed by atoms with Crippen LogP contribution >= 0.6 is 11.8 Å². The maximum Gasteiger partial charge on any atom is 0.166 e. The van der Waals surface area contributed by atoms with Crippen molar-refractivity contribution in [1.29, 1.82) is 5.26 Å². The molecule has 1 aromatic heterocycles. The molecule has 2 rings (SSSR count). The first-order chi connectivity index (χ1) is 7.83. The number of nitriles is 1. The standard InChI is InChI=1S/C11H11N3OS/c1-15-8-3-4-9-10(7-8)14-11(13-9)16-6-2-5-12/h3-4,7H,2,6H2,1H3,(H,13,14). The molecule has 1 heterocycles. The number of H-pyrrole nitrogens is 1. The number of aromatic amines is 1. The molecule has 0 bridgehead atoms. The van der Waals surface area contributed by atoms with Gasteiger partial charge < -0.3 is 9.72 Å². The van der Waals surface area contributed by atoms with Crippen molar-refractivity contribution in [2.24, 2.45) is 0 Å². The molecule has 4 nitrogen and oxygen atoms in total. The Balaban J connectivity index is 2.20. The van der Waals surface area contributed by atoms with Gasteiger partial charge in [0.2, 0.25) is 0 Å². The predicted octanol–water partition coefficient (Wildman–Crippen LogP) is 2.58. The second-order valence-electron chi connectivity index (χ2n) is 3.18. The fourth-order valence-corrected chi connectivity index (χ4v) is 2.09. The Morgan fingerprint density at radius 1 is 1.56 bits per heavy atom. The van der Waals surface area contributed by atoms with Gasteiger partial charge >= 0.3 is 0 Å². The van der Waals surface area contributed by atoms with Crippen molar-refractivity contribution in [3.8, 4) is 11.8 Å². The number of nitrogens with one attached hydrogen (secondary N) is 1. The summed E-state index contributed by atoms with van der Waals surface area (Å²) >= 11 is 1.55. The number of hydrogen-bond donors (Lipinski definition) is 1. The van der Waals surface area contributed by atoms with E-state index in [-0.39, 0.29) is 0 Å². The number of rotatable bonds is 4. The van der Waals surface area contributed by atoms with Gasteiger partial charge in [-0.1, -0.05) is 11.8 Å². The predicted molar refractivity (Wildman–Crippen MR) is 63.6 cm³/mol. The van der Waals surface area contributed by atoms with E-state index in [1.807, 2.05) is 18.2 Å². The van der Waals surface area contributed by atoms with E-state index < -0.39 is 0 Å². The first-order valence-electron chi connectivity index (χ1n) is 4.87. The van der Waals surface area contributed by atoms with E-state index >= 15 is 0 Å². The highest BCUT2D eigenvalue weighted by molar-refractivity contribution is 7.99. The van der Waals surface area contributed by atoms with Crippen molar-refractivity contribution < 1.29 is 4.74 Å². The van der Waals surface area contributed by atoms with E-state index in [2.05, 4.69) is 16.0 Å². The van der Waals surface area contributed by atoms with Crippen molar-refractivity contribution in [2.75, 3.05) is 12.9 Å². The lowest BCUT2D eigenvalue weighted by atomic mass is 10.3. The summed E-state index contributed by atoms with van der Waals surface area (Å²) in [6, 6.07) is 7.82. The first kappa shape index (κ1) is 10.8. The van der Waals surface area contributed by atoms with Gasteiger partial charge in [-0.15, -0.1) is 0 Å². The van der Waals surface area contributed by atoms with Crippen LogP contribution in [0.1, 0.15) is 6.42 Å². The summed E-state index contributed by atoms with van der Waals surface area (Å²) in [7, 11) is 1.64. The zero-order chi connectivity index (χ0) is 11.4. The van der Waals surface area contributed by atoms with E-state index in [0.29, 0.717) is 6.42 Å². The molecule has 0 unspecified atom stereocenters.